The number of rotatable bonds is 6. The molecule has 0 N–H and O–H groups in total. The van der Waals surface area contributed by atoms with E-state index in [0.717, 1.165) is 0 Å². The highest BCUT2D eigenvalue weighted by molar-refractivity contribution is 6.67. The maximum Gasteiger partial charge on any atom is 0.0875 e. The molecule has 0 fully saturated rings. The molecule has 1 heteroatoms. The van der Waals surface area contributed by atoms with Crippen molar-refractivity contribution in [2.75, 3.05) is 0 Å². The van der Waals surface area contributed by atoms with Gasteiger partial charge in [-0.1, -0.05) is 211 Å². The predicted molar refractivity (Wildman–Crippen MR) is 250 cm³/mol. The van der Waals surface area contributed by atoms with Gasteiger partial charge < -0.3 is 0 Å². The molecule has 0 bridgehead atoms. The second kappa shape index (κ2) is 13.9. The Morgan fingerprint density at radius 2 is 0.649 bits per heavy atom. The molecule has 0 aromatic heterocycles. The molecule has 0 spiro atoms. The van der Waals surface area contributed by atoms with Crippen LogP contribution in [0.3, 0.4) is 0 Å². The van der Waals surface area contributed by atoms with Crippen molar-refractivity contribution in [2.24, 2.45) is 0 Å². The highest BCUT2D eigenvalue weighted by Gasteiger charge is 2.20. The third kappa shape index (κ3) is 5.83. The van der Waals surface area contributed by atoms with Gasteiger partial charge in [0.25, 0.3) is 0 Å². The van der Waals surface area contributed by atoms with Crippen molar-refractivity contribution in [1.29, 1.82) is 0 Å². The fourth-order valence-electron chi connectivity index (χ4n) is 9.25. The van der Waals surface area contributed by atoms with Crippen LogP contribution in [0, 0.1) is 0 Å². The van der Waals surface area contributed by atoms with Crippen LogP contribution in [0.2, 0.25) is 0 Å². The zero-order chi connectivity index (χ0) is 37.7. The SMILES string of the molecule is c1ccc([SiH2]c2ccc3c(-c4cccc5ccccc45)c4ccccc4c(-c4cc(-c5cccc6ccccc56)cc(-c5cccc6ccccc56)c4)c3c2)cc1. The average molecular weight is 739 g/mol. The third-order valence-electron chi connectivity index (χ3n) is 11.8. The van der Waals surface area contributed by atoms with Crippen LogP contribution in [0.4, 0.5) is 0 Å². The average Bonchev–Trinajstić information content (AvgIpc) is 3.28. The Labute approximate surface area is 335 Å². The largest absolute Gasteiger partial charge is 0.0875 e. The summed E-state index contributed by atoms with van der Waals surface area (Å²) < 4.78 is 0. The van der Waals surface area contributed by atoms with Crippen LogP contribution in [0.1, 0.15) is 0 Å². The summed E-state index contributed by atoms with van der Waals surface area (Å²) in [6.45, 7) is 0. The fraction of sp³-hybridized carbons (Fsp3) is 0. The van der Waals surface area contributed by atoms with E-state index in [9.17, 15) is 0 Å². The zero-order valence-electron chi connectivity index (χ0n) is 31.5. The lowest BCUT2D eigenvalue weighted by Gasteiger charge is -2.21. The van der Waals surface area contributed by atoms with E-state index in [1.807, 2.05) is 0 Å². The van der Waals surface area contributed by atoms with Crippen molar-refractivity contribution in [3.05, 3.63) is 218 Å². The molecule has 11 aromatic rings. The summed E-state index contributed by atoms with van der Waals surface area (Å²) in [6, 6.07) is 81.4. The van der Waals surface area contributed by atoms with Crippen molar-refractivity contribution in [3.63, 3.8) is 0 Å². The lowest BCUT2D eigenvalue weighted by Crippen LogP contribution is -2.26. The summed E-state index contributed by atoms with van der Waals surface area (Å²) in [4.78, 5) is 0. The standard InChI is InChI=1S/C56H38Si/c1-2-21-43(22-3-1)57-44-31-32-53-54(36-44)55(51-26-10-11-27-52(51)56(53)50-30-14-20-39-17-6-9-25-47(39)50)42-34-40(48-28-12-18-37-15-4-7-23-45(37)48)33-41(35-42)49-29-13-19-38-16-5-8-24-46(38)49/h1-36H,57H2. The first-order valence-corrected chi connectivity index (χ1v) is 21.3. The van der Waals surface area contributed by atoms with Crippen LogP contribution >= 0.6 is 0 Å². The first-order valence-electron chi connectivity index (χ1n) is 19.9. The molecule has 266 valence electrons. The van der Waals surface area contributed by atoms with Crippen molar-refractivity contribution in [2.45, 2.75) is 0 Å². The topological polar surface area (TPSA) is 0 Å². The van der Waals surface area contributed by atoms with Gasteiger partial charge in [-0.15, -0.1) is 0 Å². The maximum absolute atomic E-state index is 2.53. The lowest BCUT2D eigenvalue weighted by atomic mass is 9.83. The number of hydrogen-bond donors (Lipinski definition) is 0. The molecule has 0 unspecified atom stereocenters. The van der Waals surface area contributed by atoms with Crippen LogP contribution in [0.5, 0.6) is 0 Å². The van der Waals surface area contributed by atoms with Crippen LogP contribution in [0.25, 0.3) is 98.4 Å². The second-order valence-electron chi connectivity index (χ2n) is 15.2. The van der Waals surface area contributed by atoms with Crippen LogP contribution in [-0.4, -0.2) is 9.52 Å². The van der Waals surface area contributed by atoms with Gasteiger partial charge in [-0.25, -0.2) is 0 Å². The van der Waals surface area contributed by atoms with Gasteiger partial charge in [0.1, 0.15) is 0 Å². The summed E-state index contributed by atoms with van der Waals surface area (Å²) in [6.07, 6.45) is 0. The molecule has 0 aliphatic heterocycles. The van der Waals surface area contributed by atoms with E-state index in [1.54, 1.807) is 0 Å². The first-order chi connectivity index (χ1) is 28.3. The first kappa shape index (κ1) is 33.3. The molecule has 0 amide bonds. The van der Waals surface area contributed by atoms with E-state index in [-0.39, 0.29) is 0 Å². The van der Waals surface area contributed by atoms with Crippen molar-refractivity contribution < 1.29 is 0 Å². The van der Waals surface area contributed by atoms with E-state index < -0.39 is 9.52 Å². The summed E-state index contributed by atoms with van der Waals surface area (Å²) in [5.41, 5.74) is 10.0. The van der Waals surface area contributed by atoms with Crippen LogP contribution in [-0.2, 0) is 0 Å². The zero-order valence-corrected chi connectivity index (χ0v) is 32.9. The van der Waals surface area contributed by atoms with E-state index in [1.165, 1.54) is 109 Å². The molecule has 0 saturated carbocycles. The van der Waals surface area contributed by atoms with Gasteiger partial charge in [0.15, 0.2) is 0 Å². The Kier molecular flexibility index (Phi) is 8.12. The third-order valence-corrected chi connectivity index (χ3v) is 13.5. The van der Waals surface area contributed by atoms with Gasteiger partial charge in [-0.2, -0.15) is 0 Å². The Balaban J connectivity index is 1.27. The molecule has 0 atom stereocenters. The van der Waals surface area contributed by atoms with E-state index in [2.05, 4.69) is 218 Å². The van der Waals surface area contributed by atoms with Crippen LogP contribution < -0.4 is 10.4 Å². The molecule has 11 rings (SSSR count). The van der Waals surface area contributed by atoms with Gasteiger partial charge in [0, 0.05) is 0 Å². The molecule has 11 aromatic carbocycles. The van der Waals surface area contributed by atoms with Crippen molar-refractivity contribution in [1.82, 2.24) is 0 Å². The number of benzene rings is 11. The fourth-order valence-corrected chi connectivity index (χ4v) is 10.8. The minimum atomic E-state index is -0.725. The van der Waals surface area contributed by atoms with E-state index in [4.69, 9.17) is 0 Å². The molecule has 0 aliphatic rings. The smallest absolute Gasteiger partial charge is 0.0633 e. The van der Waals surface area contributed by atoms with E-state index >= 15 is 0 Å². The molecular weight excluding hydrogens is 701 g/mol. The Hall–Kier alpha value is -7.06. The summed E-state index contributed by atoms with van der Waals surface area (Å²) >= 11 is 0. The predicted octanol–water partition coefficient (Wildman–Crippen LogP) is 13.2. The Bertz CT molecular complexity index is 3210. The van der Waals surface area contributed by atoms with Crippen molar-refractivity contribution in [3.8, 4) is 44.5 Å². The highest BCUT2D eigenvalue weighted by atomic mass is 28.2. The molecule has 0 radical (unpaired) electrons. The quantitative estimate of drug-likeness (QED) is 0.118. The lowest BCUT2D eigenvalue weighted by molar-refractivity contribution is 1.61. The van der Waals surface area contributed by atoms with Crippen LogP contribution in [0.15, 0.2) is 218 Å². The van der Waals surface area contributed by atoms with Gasteiger partial charge in [-0.3, -0.25) is 0 Å². The molecule has 0 heterocycles. The summed E-state index contributed by atoms with van der Waals surface area (Å²) in [5, 5.41) is 15.6. The maximum atomic E-state index is 2.53. The molecule has 57 heavy (non-hydrogen) atoms. The van der Waals surface area contributed by atoms with Gasteiger partial charge in [-0.05, 0) is 117 Å². The number of fused-ring (bicyclic) bond motifs is 5. The monoisotopic (exact) mass is 738 g/mol. The van der Waals surface area contributed by atoms with Crippen molar-refractivity contribution >= 4 is 73.8 Å². The normalized spacial score (nSPS) is 11.8. The minimum Gasteiger partial charge on any atom is -0.0633 e. The van der Waals surface area contributed by atoms with Gasteiger partial charge >= 0.3 is 0 Å². The summed E-state index contributed by atoms with van der Waals surface area (Å²) in [7, 11) is -0.725. The Morgan fingerprint density at radius 1 is 0.228 bits per heavy atom. The Morgan fingerprint density at radius 3 is 1.23 bits per heavy atom. The summed E-state index contributed by atoms with van der Waals surface area (Å²) in [5.74, 6) is 0. The van der Waals surface area contributed by atoms with Gasteiger partial charge in [0.05, 0.1) is 9.52 Å². The molecule has 0 nitrogen and oxygen atoms in total. The number of hydrogen-bond acceptors (Lipinski definition) is 0. The minimum absolute atomic E-state index is 0.725. The van der Waals surface area contributed by atoms with E-state index in [0.29, 0.717) is 0 Å². The van der Waals surface area contributed by atoms with Gasteiger partial charge in [0.2, 0.25) is 0 Å². The molecule has 0 aliphatic carbocycles. The highest BCUT2D eigenvalue weighted by Crippen LogP contribution is 2.47. The molecule has 0 saturated heterocycles. The molecular formula is C56H38Si. The second-order valence-corrected chi connectivity index (χ2v) is 17.2.